The molecule has 0 aromatic heterocycles. The number of rotatable bonds is 6. The van der Waals surface area contributed by atoms with E-state index in [1.807, 2.05) is 30.1 Å². The van der Waals surface area contributed by atoms with E-state index < -0.39 is 5.60 Å². The van der Waals surface area contributed by atoms with Crippen molar-refractivity contribution in [3.05, 3.63) is 23.8 Å². The number of anilines is 1. The van der Waals surface area contributed by atoms with Gasteiger partial charge in [0.25, 0.3) is 0 Å². The molecule has 5 heteroatoms. The standard InChI is InChI=1S/C14H22N2OS2/c1-5-19-11-8-6-7-10(12(11)13(15)18)16(4)9-14(2,3)17/h6-8,17H,5,9H2,1-4H3,(H2,15,18). The van der Waals surface area contributed by atoms with E-state index in [4.69, 9.17) is 18.0 Å². The first-order chi connectivity index (χ1) is 8.76. The van der Waals surface area contributed by atoms with Crippen molar-refractivity contribution in [2.24, 2.45) is 5.73 Å². The second-order valence-corrected chi connectivity index (χ2v) is 6.86. The van der Waals surface area contributed by atoms with Gasteiger partial charge in [-0.2, -0.15) is 0 Å². The lowest BCUT2D eigenvalue weighted by Gasteiger charge is -2.29. The number of hydrogen-bond donors (Lipinski definition) is 2. The van der Waals surface area contributed by atoms with Gasteiger partial charge in [0.2, 0.25) is 0 Å². The molecule has 0 heterocycles. The van der Waals surface area contributed by atoms with Crippen LogP contribution < -0.4 is 10.6 Å². The molecule has 19 heavy (non-hydrogen) atoms. The van der Waals surface area contributed by atoms with Gasteiger partial charge >= 0.3 is 0 Å². The highest BCUT2D eigenvalue weighted by Crippen LogP contribution is 2.31. The first-order valence-corrected chi connectivity index (χ1v) is 7.64. The Balaban J connectivity index is 3.19. The smallest absolute Gasteiger partial charge is 0.107 e. The fourth-order valence-corrected chi connectivity index (χ4v) is 3.15. The summed E-state index contributed by atoms with van der Waals surface area (Å²) in [6, 6.07) is 6.01. The van der Waals surface area contributed by atoms with Crippen LogP contribution in [0, 0.1) is 0 Å². The van der Waals surface area contributed by atoms with Gasteiger partial charge in [-0.25, -0.2) is 0 Å². The number of nitrogens with two attached hydrogens (primary N) is 1. The fraction of sp³-hybridized carbons (Fsp3) is 0.500. The second kappa shape index (κ2) is 6.59. The van der Waals surface area contributed by atoms with E-state index in [0.29, 0.717) is 11.5 Å². The Morgan fingerprint density at radius 2 is 2.11 bits per heavy atom. The van der Waals surface area contributed by atoms with Gasteiger partial charge in [0.15, 0.2) is 0 Å². The largest absolute Gasteiger partial charge is 0.389 e. The maximum Gasteiger partial charge on any atom is 0.107 e. The van der Waals surface area contributed by atoms with Crippen LogP contribution in [-0.2, 0) is 0 Å². The van der Waals surface area contributed by atoms with Gasteiger partial charge in [0, 0.05) is 29.7 Å². The number of likely N-dealkylation sites (N-methyl/N-ethyl adjacent to an activating group) is 1. The van der Waals surface area contributed by atoms with Crippen molar-refractivity contribution in [1.29, 1.82) is 0 Å². The number of aliphatic hydroxyl groups is 1. The molecule has 0 radical (unpaired) electrons. The molecule has 0 saturated heterocycles. The molecular formula is C14H22N2OS2. The van der Waals surface area contributed by atoms with Crippen molar-refractivity contribution in [2.45, 2.75) is 31.3 Å². The molecule has 0 spiro atoms. The number of thiocarbonyl (C=S) groups is 1. The van der Waals surface area contributed by atoms with Crippen LogP contribution in [-0.4, -0.2) is 35.0 Å². The van der Waals surface area contributed by atoms with Crippen molar-refractivity contribution in [3.8, 4) is 0 Å². The van der Waals surface area contributed by atoms with E-state index in [-0.39, 0.29) is 0 Å². The highest BCUT2D eigenvalue weighted by Gasteiger charge is 2.20. The minimum Gasteiger partial charge on any atom is -0.389 e. The van der Waals surface area contributed by atoms with Crippen LogP contribution in [0.25, 0.3) is 0 Å². The summed E-state index contributed by atoms with van der Waals surface area (Å²) in [5.74, 6) is 0.967. The first kappa shape index (κ1) is 16.3. The molecule has 0 saturated carbocycles. The van der Waals surface area contributed by atoms with Gasteiger partial charge in [-0.3, -0.25) is 0 Å². The zero-order chi connectivity index (χ0) is 14.6. The minimum atomic E-state index is -0.768. The summed E-state index contributed by atoms with van der Waals surface area (Å²) in [7, 11) is 1.94. The maximum absolute atomic E-state index is 9.94. The van der Waals surface area contributed by atoms with E-state index in [1.165, 1.54) is 0 Å². The van der Waals surface area contributed by atoms with E-state index in [9.17, 15) is 5.11 Å². The molecule has 0 fully saturated rings. The van der Waals surface area contributed by atoms with Crippen LogP contribution >= 0.6 is 24.0 Å². The number of thioether (sulfide) groups is 1. The Morgan fingerprint density at radius 3 is 2.58 bits per heavy atom. The highest BCUT2D eigenvalue weighted by molar-refractivity contribution is 7.99. The van der Waals surface area contributed by atoms with Gasteiger partial charge in [0.1, 0.15) is 4.99 Å². The van der Waals surface area contributed by atoms with E-state index >= 15 is 0 Å². The molecule has 3 nitrogen and oxygen atoms in total. The zero-order valence-electron chi connectivity index (χ0n) is 11.9. The molecule has 106 valence electrons. The van der Waals surface area contributed by atoms with Crippen LogP contribution in [0.5, 0.6) is 0 Å². The van der Waals surface area contributed by atoms with Crippen molar-refractivity contribution in [2.75, 3.05) is 24.2 Å². The van der Waals surface area contributed by atoms with Gasteiger partial charge in [-0.15, -0.1) is 11.8 Å². The molecule has 0 aliphatic heterocycles. The molecule has 0 unspecified atom stereocenters. The van der Waals surface area contributed by atoms with Crippen molar-refractivity contribution >= 4 is 34.7 Å². The monoisotopic (exact) mass is 298 g/mol. The quantitative estimate of drug-likeness (QED) is 0.624. The first-order valence-electron chi connectivity index (χ1n) is 6.25. The van der Waals surface area contributed by atoms with Crippen LogP contribution in [0.2, 0.25) is 0 Å². The molecule has 3 N–H and O–H groups in total. The summed E-state index contributed by atoms with van der Waals surface area (Å²) in [4.78, 5) is 3.48. The topological polar surface area (TPSA) is 49.5 Å². The van der Waals surface area contributed by atoms with Gasteiger partial charge < -0.3 is 15.7 Å². The Hall–Kier alpha value is -0.780. The highest BCUT2D eigenvalue weighted by atomic mass is 32.2. The van der Waals surface area contributed by atoms with Crippen LogP contribution in [0.15, 0.2) is 23.1 Å². The molecule has 0 bridgehead atoms. The normalized spacial score (nSPS) is 11.4. The predicted octanol–water partition coefficient (Wildman–Crippen LogP) is 2.64. The summed E-state index contributed by atoms with van der Waals surface area (Å²) in [6.45, 7) is 6.19. The molecule has 0 atom stereocenters. The summed E-state index contributed by atoms with van der Waals surface area (Å²) in [5.41, 5.74) is 6.97. The van der Waals surface area contributed by atoms with E-state index in [2.05, 4.69) is 6.92 Å². The molecule has 1 aromatic carbocycles. The third kappa shape index (κ3) is 4.67. The Kier molecular flexibility index (Phi) is 5.64. The van der Waals surface area contributed by atoms with Crippen LogP contribution in [0.3, 0.4) is 0 Å². The molecule has 0 amide bonds. The number of hydrogen-bond acceptors (Lipinski definition) is 4. The Morgan fingerprint density at radius 1 is 1.47 bits per heavy atom. The van der Waals surface area contributed by atoms with Gasteiger partial charge in [0.05, 0.1) is 5.60 Å². The molecule has 1 aromatic rings. The predicted molar refractivity (Wildman–Crippen MR) is 88.3 cm³/mol. The van der Waals surface area contributed by atoms with Crippen molar-refractivity contribution in [3.63, 3.8) is 0 Å². The molecular weight excluding hydrogens is 276 g/mol. The average molecular weight is 298 g/mol. The number of benzene rings is 1. The third-order valence-corrected chi connectivity index (χ3v) is 3.73. The van der Waals surface area contributed by atoms with Crippen molar-refractivity contribution in [1.82, 2.24) is 0 Å². The third-order valence-electron chi connectivity index (χ3n) is 2.59. The molecule has 0 aliphatic carbocycles. The molecule has 1 rings (SSSR count). The Bertz CT molecular complexity index is 455. The number of nitrogens with zero attached hydrogens (tertiary/aromatic N) is 1. The second-order valence-electron chi connectivity index (χ2n) is 5.12. The fourth-order valence-electron chi connectivity index (χ4n) is 2.03. The summed E-state index contributed by atoms with van der Waals surface area (Å²) < 4.78 is 0. The minimum absolute atomic E-state index is 0.397. The summed E-state index contributed by atoms with van der Waals surface area (Å²) in [6.07, 6.45) is 0. The van der Waals surface area contributed by atoms with Gasteiger partial charge in [-0.05, 0) is 31.7 Å². The van der Waals surface area contributed by atoms with Crippen molar-refractivity contribution < 1.29 is 5.11 Å². The lowest BCUT2D eigenvalue weighted by atomic mass is 10.1. The summed E-state index contributed by atoms with van der Waals surface area (Å²) >= 11 is 6.91. The van der Waals surface area contributed by atoms with E-state index in [0.717, 1.165) is 21.9 Å². The average Bonchev–Trinajstić information content (AvgIpc) is 2.26. The lowest BCUT2D eigenvalue weighted by Crippen LogP contribution is -2.37. The SMILES string of the molecule is CCSc1cccc(N(C)CC(C)(C)O)c1C(N)=S. The summed E-state index contributed by atoms with van der Waals surface area (Å²) in [5, 5.41) is 9.94. The molecule has 0 aliphatic rings. The van der Waals surface area contributed by atoms with Gasteiger partial charge in [-0.1, -0.05) is 25.2 Å². The lowest BCUT2D eigenvalue weighted by molar-refractivity contribution is 0.0886. The maximum atomic E-state index is 9.94. The Labute approximate surface area is 125 Å². The van der Waals surface area contributed by atoms with Crippen LogP contribution in [0.1, 0.15) is 26.3 Å². The van der Waals surface area contributed by atoms with E-state index in [1.54, 1.807) is 25.6 Å². The zero-order valence-corrected chi connectivity index (χ0v) is 13.6. The van der Waals surface area contributed by atoms with Crippen LogP contribution in [0.4, 0.5) is 5.69 Å².